The van der Waals surface area contributed by atoms with Crippen LogP contribution in [0.3, 0.4) is 0 Å². The molecule has 5 heteroatoms. The minimum atomic E-state index is -2.51. The Balaban J connectivity index is 2.29. The number of nitrogens with zero attached hydrogens (tertiary/aromatic N) is 1. The Morgan fingerprint density at radius 3 is 2.52 bits per heavy atom. The summed E-state index contributed by atoms with van der Waals surface area (Å²) in [7, 11) is 0. The van der Waals surface area contributed by atoms with E-state index in [0.717, 1.165) is 32.4 Å². The molecule has 0 aliphatic carbocycles. The lowest BCUT2D eigenvalue weighted by atomic mass is 9.99. The average Bonchev–Trinajstić information content (AvgIpc) is 2.55. The van der Waals surface area contributed by atoms with Gasteiger partial charge in [0.1, 0.15) is 0 Å². The summed E-state index contributed by atoms with van der Waals surface area (Å²) < 4.78 is 27.6. The molecule has 0 saturated carbocycles. The lowest BCUT2D eigenvalue weighted by molar-refractivity contribution is -0.0548. The minimum absolute atomic E-state index is 0.0160. The van der Waals surface area contributed by atoms with Crippen LogP contribution in [0.2, 0.25) is 0 Å². The van der Waals surface area contributed by atoms with Gasteiger partial charge in [0, 0.05) is 31.0 Å². The van der Waals surface area contributed by atoms with E-state index in [0.29, 0.717) is 25.0 Å². The SMILES string of the molecule is CC(CCC(C)N1CCC(C)C(F)(F)CC1)NCCC(C)(C)O. The quantitative estimate of drug-likeness (QED) is 0.711. The van der Waals surface area contributed by atoms with Crippen LogP contribution in [0.5, 0.6) is 0 Å². The molecule has 2 N–H and O–H groups in total. The van der Waals surface area contributed by atoms with Crippen LogP contribution >= 0.6 is 0 Å². The zero-order valence-electron chi connectivity index (χ0n) is 15.5. The van der Waals surface area contributed by atoms with E-state index in [-0.39, 0.29) is 6.42 Å². The number of aliphatic hydroxyl groups is 1. The van der Waals surface area contributed by atoms with Crippen LogP contribution in [-0.2, 0) is 0 Å². The van der Waals surface area contributed by atoms with E-state index in [1.807, 2.05) is 13.8 Å². The number of nitrogens with one attached hydrogen (secondary N) is 1. The first kappa shape index (κ1) is 20.8. The van der Waals surface area contributed by atoms with Gasteiger partial charge in [0.2, 0.25) is 0 Å². The number of halogens is 2. The molecule has 138 valence electrons. The van der Waals surface area contributed by atoms with Gasteiger partial charge in [-0.2, -0.15) is 0 Å². The largest absolute Gasteiger partial charge is 0.390 e. The Hall–Kier alpha value is -0.260. The second kappa shape index (κ2) is 8.72. The van der Waals surface area contributed by atoms with Crippen molar-refractivity contribution < 1.29 is 13.9 Å². The van der Waals surface area contributed by atoms with Crippen molar-refractivity contribution in [3.05, 3.63) is 0 Å². The summed E-state index contributed by atoms with van der Waals surface area (Å²) in [4.78, 5) is 2.22. The average molecular weight is 334 g/mol. The molecule has 1 rings (SSSR count). The third-order valence-electron chi connectivity index (χ3n) is 5.17. The summed E-state index contributed by atoms with van der Waals surface area (Å²) in [5.41, 5.74) is -0.631. The maximum atomic E-state index is 13.8. The molecule has 1 fully saturated rings. The summed E-state index contributed by atoms with van der Waals surface area (Å²) in [6.07, 6.45) is 3.33. The first-order valence-corrected chi connectivity index (χ1v) is 9.09. The van der Waals surface area contributed by atoms with E-state index in [1.54, 1.807) is 6.92 Å². The fraction of sp³-hybridized carbons (Fsp3) is 1.00. The molecule has 1 saturated heterocycles. The Morgan fingerprint density at radius 2 is 1.91 bits per heavy atom. The Morgan fingerprint density at radius 1 is 1.26 bits per heavy atom. The molecule has 1 aliphatic heterocycles. The van der Waals surface area contributed by atoms with Crippen LogP contribution in [0.15, 0.2) is 0 Å². The predicted molar refractivity (Wildman–Crippen MR) is 92.0 cm³/mol. The van der Waals surface area contributed by atoms with Crippen molar-refractivity contribution in [2.45, 2.75) is 90.3 Å². The van der Waals surface area contributed by atoms with Crippen molar-refractivity contribution in [1.82, 2.24) is 10.2 Å². The molecule has 0 amide bonds. The molecule has 0 bridgehead atoms. The fourth-order valence-electron chi connectivity index (χ4n) is 3.06. The molecule has 0 aromatic carbocycles. The smallest absolute Gasteiger partial charge is 0.251 e. The van der Waals surface area contributed by atoms with Gasteiger partial charge in [0.15, 0.2) is 0 Å². The van der Waals surface area contributed by atoms with Crippen molar-refractivity contribution in [3.8, 4) is 0 Å². The highest BCUT2D eigenvalue weighted by molar-refractivity contribution is 4.83. The molecule has 0 radical (unpaired) electrons. The lowest BCUT2D eigenvalue weighted by Crippen LogP contribution is -2.37. The number of rotatable bonds is 8. The van der Waals surface area contributed by atoms with Gasteiger partial charge in [0.25, 0.3) is 5.92 Å². The van der Waals surface area contributed by atoms with Gasteiger partial charge in [-0.3, -0.25) is 0 Å². The summed E-state index contributed by atoms with van der Waals surface area (Å²) in [5.74, 6) is -3.03. The van der Waals surface area contributed by atoms with Crippen LogP contribution in [0, 0.1) is 5.92 Å². The van der Waals surface area contributed by atoms with Crippen LogP contribution in [0.4, 0.5) is 8.78 Å². The number of likely N-dealkylation sites (tertiary alicyclic amines) is 1. The van der Waals surface area contributed by atoms with Gasteiger partial charge >= 0.3 is 0 Å². The van der Waals surface area contributed by atoms with E-state index in [1.165, 1.54) is 0 Å². The molecular weight excluding hydrogens is 298 g/mol. The maximum absolute atomic E-state index is 13.8. The highest BCUT2D eigenvalue weighted by Gasteiger charge is 2.39. The fourth-order valence-corrected chi connectivity index (χ4v) is 3.06. The molecule has 3 nitrogen and oxygen atoms in total. The Bertz CT molecular complexity index is 344. The summed E-state index contributed by atoms with van der Waals surface area (Å²) in [6.45, 7) is 11.7. The molecule has 23 heavy (non-hydrogen) atoms. The number of hydrogen-bond donors (Lipinski definition) is 2. The highest BCUT2D eigenvalue weighted by Crippen LogP contribution is 2.34. The zero-order valence-corrected chi connectivity index (χ0v) is 15.5. The van der Waals surface area contributed by atoms with Crippen LogP contribution in [0.25, 0.3) is 0 Å². The van der Waals surface area contributed by atoms with Gasteiger partial charge in [-0.1, -0.05) is 6.92 Å². The Kier molecular flexibility index (Phi) is 7.88. The van der Waals surface area contributed by atoms with Gasteiger partial charge in [-0.15, -0.1) is 0 Å². The Labute approximate surface area is 140 Å². The molecule has 3 atom stereocenters. The third-order valence-corrected chi connectivity index (χ3v) is 5.17. The highest BCUT2D eigenvalue weighted by atomic mass is 19.3. The molecule has 1 heterocycles. The van der Waals surface area contributed by atoms with Gasteiger partial charge in [0.05, 0.1) is 5.60 Å². The van der Waals surface area contributed by atoms with E-state index >= 15 is 0 Å². The molecular formula is C18H36F2N2O. The van der Waals surface area contributed by atoms with E-state index in [4.69, 9.17) is 0 Å². The predicted octanol–water partition coefficient (Wildman–Crippen LogP) is 3.66. The normalized spacial score (nSPS) is 25.8. The van der Waals surface area contributed by atoms with Gasteiger partial charge in [-0.05, 0) is 66.5 Å². The van der Waals surface area contributed by atoms with E-state index < -0.39 is 17.4 Å². The molecule has 1 aliphatic rings. The molecule has 3 unspecified atom stereocenters. The van der Waals surface area contributed by atoms with E-state index in [2.05, 4.69) is 24.1 Å². The van der Waals surface area contributed by atoms with Crippen LogP contribution in [-0.4, -0.2) is 53.2 Å². The van der Waals surface area contributed by atoms with E-state index in [9.17, 15) is 13.9 Å². The molecule has 0 spiro atoms. The van der Waals surface area contributed by atoms with Crippen molar-refractivity contribution in [2.24, 2.45) is 5.92 Å². The first-order valence-electron chi connectivity index (χ1n) is 9.09. The van der Waals surface area contributed by atoms with Gasteiger partial charge in [-0.25, -0.2) is 8.78 Å². The monoisotopic (exact) mass is 334 g/mol. The second-order valence-corrected chi connectivity index (χ2v) is 8.08. The van der Waals surface area contributed by atoms with Crippen LogP contribution in [0.1, 0.15) is 66.7 Å². The standard InChI is InChI=1S/C18H36F2N2O/c1-14-8-12-22(13-10-18(14,19)20)16(3)7-6-15(2)21-11-9-17(4,5)23/h14-16,21,23H,6-13H2,1-5H3. The third kappa shape index (κ3) is 7.90. The topological polar surface area (TPSA) is 35.5 Å². The minimum Gasteiger partial charge on any atom is -0.390 e. The van der Waals surface area contributed by atoms with Crippen molar-refractivity contribution >= 4 is 0 Å². The molecule has 0 aromatic heterocycles. The van der Waals surface area contributed by atoms with Gasteiger partial charge < -0.3 is 15.3 Å². The summed E-state index contributed by atoms with van der Waals surface area (Å²) in [6, 6.07) is 0.724. The number of hydrogen-bond acceptors (Lipinski definition) is 3. The lowest BCUT2D eigenvalue weighted by Gasteiger charge is -2.29. The van der Waals surface area contributed by atoms with Crippen molar-refractivity contribution in [1.29, 1.82) is 0 Å². The van der Waals surface area contributed by atoms with Crippen molar-refractivity contribution in [2.75, 3.05) is 19.6 Å². The molecule has 0 aromatic rings. The zero-order chi connectivity index (χ0) is 17.7. The van der Waals surface area contributed by atoms with Crippen molar-refractivity contribution in [3.63, 3.8) is 0 Å². The summed E-state index contributed by atoms with van der Waals surface area (Å²) in [5, 5.41) is 13.1. The maximum Gasteiger partial charge on any atom is 0.251 e. The second-order valence-electron chi connectivity index (χ2n) is 8.08. The number of alkyl halides is 2. The van der Waals surface area contributed by atoms with Crippen LogP contribution < -0.4 is 5.32 Å². The summed E-state index contributed by atoms with van der Waals surface area (Å²) >= 11 is 0. The first-order chi connectivity index (χ1) is 10.5.